The number of hydrogen-bond acceptors (Lipinski definition) is 14. The van der Waals surface area contributed by atoms with E-state index < -0.39 is 55.8 Å². The van der Waals surface area contributed by atoms with Gasteiger partial charge >= 0.3 is 88.7 Å². The zero-order valence-corrected chi connectivity index (χ0v) is 30.6. The van der Waals surface area contributed by atoms with Crippen LogP contribution in [0.15, 0.2) is 108 Å². The fourth-order valence-electron chi connectivity index (χ4n) is 3.33. The Labute approximate surface area is 307 Å². The third kappa shape index (κ3) is 9.94. The Morgan fingerprint density at radius 3 is 1.24 bits per heavy atom. The molecule has 0 radical (unpaired) electrons. The molecular weight excluding hydrogens is 643 g/mol. The molecule has 42 heavy (non-hydrogen) atoms. The number of nitrogen functional groups attached to an aromatic ring is 1. The number of fused-ring (bicyclic) bond motifs is 1. The number of benzene rings is 4. The maximum atomic E-state index is 11.9. The van der Waals surface area contributed by atoms with Crippen LogP contribution in [0.1, 0.15) is 0 Å². The molecule has 0 atom stereocenters. The van der Waals surface area contributed by atoms with E-state index in [9.17, 15) is 38.9 Å². The van der Waals surface area contributed by atoms with E-state index in [1.54, 1.807) is 24.3 Å². The molecule has 0 aliphatic rings. The number of rotatable bonds is 7. The first kappa shape index (κ1) is 38.9. The van der Waals surface area contributed by atoms with Gasteiger partial charge < -0.3 is 19.4 Å². The zero-order chi connectivity index (χ0) is 28.6. The van der Waals surface area contributed by atoms with Crippen LogP contribution in [-0.4, -0.2) is 38.9 Å². The van der Waals surface area contributed by atoms with Gasteiger partial charge in [0, 0.05) is 16.5 Å². The minimum absolute atomic E-state index is 0. The normalized spacial score (nSPS) is 12.1. The van der Waals surface area contributed by atoms with Crippen molar-refractivity contribution in [2.45, 2.75) is 14.7 Å². The standard InChI is InChI=1S/C22H17N5O9S3.3Na/c23-13-1-3-14(4-2-13)24-25-15-5-7-16(8-6-15)26-27-17-9-19-20(21(10-17)38(31,32)33)11-18(37(28,29)30)12-22(19)39(34,35)36;;;/h1-12H,23H2,(H,28,29,30)(H,31,32,33)(H,34,35,36);;;/q;3*+1/p-3. The van der Waals surface area contributed by atoms with Crippen molar-refractivity contribution in [3.05, 3.63) is 72.8 Å². The Bertz CT molecular complexity index is 1990. The summed E-state index contributed by atoms with van der Waals surface area (Å²) in [7, 11) is -16.1. The van der Waals surface area contributed by atoms with Crippen molar-refractivity contribution in [1.82, 2.24) is 0 Å². The molecule has 0 heterocycles. The molecule has 0 aliphatic carbocycles. The first-order chi connectivity index (χ1) is 18.1. The van der Waals surface area contributed by atoms with Gasteiger partial charge in [0.1, 0.15) is 30.4 Å². The van der Waals surface area contributed by atoms with Gasteiger partial charge in [0.2, 0.25) is 0 Å². The summed E-state index contributed by atoms with van der Waals surface area (Å²) in [6.45, 7) is 0. The molecule has 4 aromatic rings. The van der Waals surface area contributed by atoms with Gasteiger partial charge in [-0.15, -0.1) is 0 Å². The van der Waals surface area contributed by atoms with Crippen LogP contribution in [0.4, 0.5) is 28.4 Å². The van der Waals surface area contributed by atoms with Gasteiger partial charge in [-0.05, 0) is 72.8 Å². The molecule has 0 unspecified atom stereocenters. The average Bonchev–Trinajstić information content (AvgIpc) is 2.85. The second-order valence-corrected chi connectivity index (χ2v) is 11.9. The summed E-state index contributed by atoms with van der Waals surface area (Å²) in [5.74, 6) is 0. The smallest absolute Gasteiger partial charge is 0.744 e. The molecule has 0 saturated heterocycles. The van der Waals surface area contributed by atoms with Crippen molar-refractivity contribution in [3.8, 4) is 0 Å². The molecule has 20 heteroatoms. The number of anilines is 1. The first-order valence-corrected chi connectivity index (χ1v) is 14.6. The van der Waals surface area contributed by atoms with Gasteiger partial charge in [-0.25, -0.2) is 25.3 Å². The van der Waals surface area contributed by atoms with Crippen LogP contribution < -0.4 is 94.4 Å². The molecule has 4 rings (SSSR count). The minimum atomic E-state index is -5.44. The molecule has 0 amide bonds. The molecule has 4 aromatic carbocycles. The number of nitrogens with zero attached hydrogens (tertiary/aromatic N) is 4. The van der Waals surface area contributed by atoms with Crippen molar-refractivity contribution >= 4 is 69.6 Å². The van der Waals surface area contributed by atoms with Gasteiger partial charge in [0.15, 0.2) is 0 Å². The van der Waals surface area contributed by atoms with Crippen LogP contribution in [0.3, 0.4) is 0 Å². The molecule has 0 spiro atoms. The molecule has 14 nitrogen and oxygen atoms in total. The fraction of sp³-hybridized carbons (Fsp3) is 0. The maximum Gasteiger partial charge on any atom is 1.00 e. The molecular formula is C22H14N5Na3O9S3. The van der Waals surface area contributed by atoms with E-state index >= 15 is 0 Å². The molecule has 202 valence electrons. The van der Waals surface area contributed by atoms with Gasteiger partial charge in [-0.1, -0.05) is 0 Å². The van der Waals surface area contributed by atoms with E-state index in [2.05, 4.69) is 20.5 Å². The Balaban J connectivity index is 0.00000294. The Kier molecular flexibility index (Phi) is 14.1. The second kappa shape index (κ2) is 15.2. The summed E-state index contributed by atoms with van der Waals surface area (Å²) in [6, 6.07) is 15.1. The average molecular weight is 658 g/mol. The van der Waals surface area contributed by atoms with E-state index in [1.165, 1.54) is 24.3 Å². The van der Waals surface area contributed by atoms with Crippen LogP contribution in [0.25, 0.3) is 10.8 Å². The number of azo groups is 2. The monoisotopic (exact) mass is 657 g/mol. The topological polar surface area (TPSA) is 247 Å². The van der Waals surface area contributed by atoms with Gasteiger partial charge in [0.25, 0.3) is 0 Å². The van der Waals surface area contributed by atoms with Crippen molar-refractivity contribution in [2.24, 2.45) is 20.5 Å². The SMILES string of the molecule is Nc1ccc(N=Nc2ccc(N=Nc3cc(S(=O)(=O)[O-])c4cc(S(=O)(=O)[O-])cc(S(=O)(=O)[O-])c4c3)cc2)cc1.[Na+].[Na+].[Na+]. The van der Waals surface area contributed by atoms with E-state index in [4.69, 9.17) is 5.73 Å². The largest absolute Gasteiger partial charge is 1.00 e. The summed E-state index contributed by atoms with van der Waals surface area (Å²) >= 11 is 0. The van der Waals surface area contributed by atoms with Crippen LogP contribution in [0.2, 0.25) is 0 Å². The van der Waals surface area contributed by atoms with Gasteiger partial charge in [-0.3, -0.25) is 0 Å². The zero-order valence-electron chi connectivity index (χ0n) is 22.2. The summed E-state index contributed by atoms with van der Waals surface area (Å²) in [5, 5.41) is 14.4. The fourth-order valence-corrected chi connectivity index (χ4v) is 5.34. The molecule has 2 N–H and O–H groups in total. The van der Waals surface area contributed by atoms with Crippen molar-refractivity contribution in [2.75, 3.05) is 5.73 Å². The summed E-state index contributed by atoms with van der Waals surface area (Å²) in [6.07, 6.45) is 0. The molecule has 0 aromatic heterocycles. The van der Waals surface area contributed by atoms with E-state index in [0.717, 1.165) is 6.07 Å². The van der Waals surface area contributed by atoms with Crippen LogP contribution in [0, 0.1) is 0 Å². The van der Waals surface area contributed by atoms with Gasteiger partial charge in [0.05, 0.1) is 37.4 Å². The predicted octanol–water partition coefficient (Wildman–Crippen LogP) is -5.02. The number of hydrogen-bond donors (Lipinski definition) is 1. The van der Waals surface area contributed by atoms with Crippen molar-refractivity contribution in [3.63, 3.8) is 0 Å². The first-order valence-electron chi connectivity index (χ1n) is 10.4. The molecule has 0 aliphatic heterocycles. The Hall–Kier alpha value is -1.13. The quantitative estimate of drug-likeness (QED) is 0.0858. The maximum absolute atomic E-state index is 11.9. The van der Waals surface area contributed by atoms with E-state index in [-0.39, 0.29) is 106 Å². The minimum Gasteiger partial charge on any atom is -0.744 e. The third-order valence-electron chi connectivity index (χ3n) is 5.08. The van der Waals surface area contributed by atoms with Crippen molar-refractivity contribution < 1.29 is 128 Å². The van der Waals surface area contributed by atoms with Crippen molar-refractivity contribution in [1.29, 1.82) is 0 Å². The molecule has 0 saturated carbocycles. The molecule has 0 fully saturated rings. The summed E-state index contributed by atoms with van der Waals surface area (Å²) in [4.78, 5) is -3.55. The predicted molar refractivity (Wildman–Crippen MR) is 133 cm³/mol. The third-order valence-corrected chi connectivity index (χ3v) is 7.65. The van der Waals surface area contributed by atoms with Crippen LogP contribution in [0.5, 0.6) is 0 Å². The van der Waals surface area contributed by atoms with Gasteiger partial charge in [-0.2, -0.15) is 20.5 Å². The van der Waals surface area contributed by atoms with E-state index in [1.807, 2.05) is 0 Å². The summed E-state index contributed by atoms with van der Waals surface area (Å²) < 4.78 is 106. The van der Waals surface area contributed by atoms with E-state index in [0.29, 0.717) is 29.2 Å². The number of nitrogens with two attached hydrogens (primary N) is 1. The second-order valence-electron chi connectivity index (χ2n) is 7.83. The van der Waals surface area contributed by atoms with Crippen LogP contribution >= 0.6 is 0 Å². The van der Waals surface area contributed by atoms with Crippen LogP contribution in [-0.2, 0) is 30.4 Å². The Morgan fingerprint density at radius 2 is 0.833 bits per heavy atom. The molecule has 0 bridgehead atoms. The summed E-state index contributed by atoms with van der Waals surface area (Å²) in [5.41, 5.74) is 7.08. The Morgan fingerprint density at radius 1 is 0.476 bits per heavy atom.